The van der Waals surface area contributed by atoms with Gasteiger partial charge in [0.15, 0.2) is 9.84 Å². The Morgan fingerprint density at radius 3 is 2.72 bits per heavy atom. The first-order valence-electron chi connectivity index (χ1n) is 6.24. The van der Waals surface area contributed by atoms with Crippen molar-refractivity contribution in [3.05, 3.63) is 0 Å². The predicted molar refractivity (Wildman–Crippen MR) is 65.6 cm³/mol. The third-order valence-corrected chi connectivity index (χ3v) is 5.36. The highest BCUT2D eigenvalue weighted by Crippen LogP contribution is 2.22. The van der Waals surface area contributed by atoms with E-state index < -0.39 is 15.9 Å². The quantitative estimate of drug-likeness (QED) is 0.722. The second-order valence-corrected chi connectivity index (χ2v) is 7.08. The van der Waals surface area contributed by atoms with Gasteiger partial charge in [-0.05, 0) is 19.3 Å². The Labute approximate surface area is 107 Å². The summed E-state index contributed by atoms with van der Waals surface area (Å²) >= 11 is 0. The van der Waals surface area contributed by atoms with Crippen molar-refractivity contribution in [2.24, 2.45) is 0 Å². The smallest absolute Gasteiger partial charge is 0.243 e. The molecule has 2 amide bonds. The summed E-state index contributed by atoms with van der Waals surface area (Å²) in [5, 5.41) is 2.54. The lowest BCUT2D eigenvalue weighted by Crippen LogP contribution is -2.63. The lowest BCUT2D eigenvalue weighted by atomic mass is 10.0. The predicted octanol–water partition coefficient (Wildman–Crippen LogP) is -0.699. The summed E-state index contributed by atoms with van der Waals surface area (Å²) in [6, 6.07) is -0.864. The van der Waals surface area contributed by atoms with Gasteiger partial charge in [-0.3, -0.25) is 9.59 Å². The topological polar surface area (TPSA) is 83.6 Å². The van der Waals surface area contributed by atoms with E-state index in [0.29, 0.717) is 19.3 Å². The summed E-state index contributed by atoms with van der Waals surface area (Å²) in [7, 11) is -3.08. The summed E-state index contributed by atoms with van der Waals surface area (Å²) in [6.07, 6.45) is 1.73. The minimum absolute atomic E-state index is 0.0114. The standard InChI is InChI=1S/C11H18N2O4S/c1-2-9-11(15)12-6-10(14)13(9)8-4-3-5-18(16,17)7-8/h8-9H,2-7H2,1H3,(H,12,15). The zero-order valence-corrected chi connectivity index (χ0v) is 11.2. The first-order valence-corrected chi connectivity index (χ1v) is 8.06. The van der Waals surface area contributed by atoms with Crippen LogP contribution in [0.1, 0.15) is 26.2 Å². The molecule has 0 aliphatic carbocycles. The van der Waals surface area contributed by atoms with E-state index in [4.69, 9.17) is 0 Å². The van der Waals surface area contributed by atoms with Gasteiger partial charge >= 0.3 is 0 Å². The monoisotopic (exact) mass is 274 g/mol. The number of hydrogen-bond donors (Lipinski definition) is 1. The number of piperazine rings is 1. The van der Waals surface area contributed by atoms with Crippen LogP contribution in [-0.4, -0.2) is 55.3 Å². The van der Waals surface area contributed by atoms with Crippen LogP contribution >= 0.6 is 0 Å². The highest BCUT2D eigenvalue weighted by Gasteiger charge is 2.40. The van der Waals surface area contributed by atoms with Crippen LogP contribution < -0.4 is 5.32 Å². The van der Waals surface area contributed by atoms with Gasteiger partial charge in [0.2, 0.25) is 11.8 Å². The maximum absolute atomic E-state index is 11.9. The van der Waals surface area contributed by atoms with Crippen molar-refractivity contribution in [3.8, 4) is 0 Å². The van der Waals surface area contributed by atoms with E-state index in [1.54, 1.807) is 0 Å². The molecule has 1 N–H and O–H groups in total. The highest BCUT2D eigenvalue weighted by molar-refractivity contribution is 7.91. The molecule has 6 nitrogen and oxygen atoms in total. The molecule has 0 spiro atoms. The molecule has 102 valence electrons. The summed E-state index contributed by atoms with van der Waals surface area (Å²) in [6.45, 7) is 1.80. The summed E-state index contributed by atoms with van der Waals surface area (Å²) in [5.41, 5.74) is 0. The molecule has 2 aliphatic heterocycles. The maximum Gasteiger partial charge on any atom is 0.243 e. The molecule has 0 bridgehead atoms. The summed E-state index contributed by atoms with van der Waals surface area (Å²) in [4.78, 5) is 25.2. The minimum atomic E-state index is -3.08. The van der Waals surface area contributed by atoms with E-state index in [1.807, 2.05) is 6.92 Å². The lowest BCUT2D eigenvalue weighted by Gasteiger charge is -2.41. The Bertz CT molecular complexity index is 460. The molecule has 2 aliphatic rings. The summed E-state index contributed by atoms with van der Waals surface area (Å²) < 4.78 is 23.3. The Morgan fingerprint density at radius 1 is 1.39 bits per heavy atom. The molecular weight excluding hydrogens is 256 g/mol. The molecule has 18 heavy (non-hydrogen) atoms. The lowest BCUT2D eigenvalue weighted by molar-refractivity contribution is -0.148. The van der Waals surface area contributed by atoms with E-state index in [2.05, 4.69) is 5.32 Å². The number of rotatable bonds is 2. The molecule has 2 unspecified atom stereocenters. The molecule has 0 radical (unpaired) electrons. The second kappa shape index (κ2) is 4.87. The second-order valence-electron chi connectivity index (χ2n) is 4.85. The molecule has 2 saturated heterocycles. The SMILES string of the molecule is CCC1C(=O)NCC(=O)N1C1CCCS(=O)(=O)C1. The largest absolute Gasteiger partial charge is 0.345 e. The molecule has 2 rings (SSSR count). The number of carbonyl (C=O) groups excluding carboxylic acids is 2. The average molecular weight is 274 g/mol. The molecule has 0 saturated carbocycles. The number of hydrogen-bond acceptors (Lipinski definition) is 4. The van der Waals surface area contributed by atoms with E-state index in [1.165, 1.54) is 4.90 Å². The van der Waals surface area contributed by atoms with Crippen LogP contribution in [0.15, 0.2) is 0 Å². The normalized spacial score (nSPS) is 32.2. The fraction of sp³-hybridized carbons (Fsp3) is 0.818. The maximum atomic E-state index is 11.9. The van der Waals surface area contributed by atoms with Crippen molar-refractivity contribution in [3.63, 3.8) is 0 Å². The molecule has 0 aromatic rings. The fourth-order valence-electron chi connectivity index (χ4n) is 2.73. The van der Waals surface area contributed by atoms with Crippen LogP contribution in [0.5, 0.6) is 0 Å². The first-order chi connectivity index (χ1) is 8.44. The molecule has 2 atom stereocenters. The average Bonchev–Trinajstić information content (AvgIpc) is 2.30. The Morgan fingerprint density at radius 2 is 2.11 bits per heavy atom. The number of carbonyl (C=O) groups is 2. The van der Waals surface area contributed by atoms with Crippen LogP contribution in [0, 0.1) is 0 Å². The van der Waals surface area contributed by atoms with E-state index in [9.17, 15) is 18.0 Å². The molecular formula is C11H18N2O4S. The van der Waals surface area contributed by atoms with Crippen LogP contribution in [0.25, 0.3) is 0 Å². The minimum Gasteiger partial charge on any atom is -0.345 e. The van der Waals surface area contributed by atoms with Crippen molar-refractivity contribution in [1.29, 1.82) is 0 Å². The van der Waals surface area contributed by atoms with Crippen LogP contribution in [0.3, 0.4) is 0 Å². The van der Waals surface area contributed by atoms with Crippen molar-refractivity contribution in [1.82, 2.24) is 10.2 Å². The molecule has 0 aromatic carbocycles. The van der Waals surface area contributed by atoms with E-state index >= 15 is 0 Å². The van der Waals surface area contributed by atoms with Crippen LogP contribution in [0.4, 0.5) is 0 Å². The van der Waals surface area contributed by atoms with Gasteiger partial charge in [-0.25, -0.2) is 8.42 Å². The van der Waals surface area contributed by atoms with Gasteiger partial charge in [0.1, 0.15) is 6.04 Å². The van der Waals surface area contributed by atoms with E-state index in [-0.39, 0.29) is 35.9 Å². The molecule has 0 aromatic heterocycles. The van der Waals surface area contributed by atoms with Crippen LogP contribution in [-0.2, 0) is 19.4 Å². The van der Waals surface area contributed by atoms with Crippen molar-refractivity contribution in [2.45, 2.75) is 38.3 Å². The number of sulfone groups is 1. The van der Waals surface area contributed by atoms with Crippen molar-refractivity contribution >= 4 is 21.7 Å². The summed E-state index contributed by atoms with van der Waals surface area (Å²) in [5.74, 6) is -0.180. The Hall–Kier alpha value is -1.11. The Balaban J connectivity index is 2.23. The highest BCUT2D eigenvalue weighted by atomic mass is 32.2. The molecule has 2 heterocycles. The van der Waals surface area contributed by atoms with Gasteiger partial charge in [-0.15, -0.1) is 0 Å². The number of amides is 2. The van der Waals surface area contributed by atoms with Gasteiger partial charge in [-0.1, -0.05) is 6.92 Å². The molecule has 7 heteroatoms. The first kappa shape index (κ1) is 13.3. The van der Waals surface area contributed by atoms with Gasteiger partial charge in [0.05, 0.1) is 18.1 Å². The van der Waals surface area contributed by atoms with E-state index in [0.717, 1.165) is 0 Å². The number of nitrogens with one attached hydrogen (secondary N) is 1. The third kappa shape index (κ3) is 2.50. The molecule has 2 fully saturated rings. The van der Waals surface area contributed by atoms with Crippen LogP contribution in [0.2, 0.25) is 0 Å². The van der Waals surface area contributed by atoms with Crippen molar-refractivity contribution in [2.75, 3.05) is 18.1 Å². The van der Waals surface area contributed by atoms with Gasteiger partial charge in [0.25, 0.3) is 0 Å². The van der Waals surface area contributed by atoms with Crippen molar-refractivity contribution < 1.29 is 18.0 Å². The zero-order valence-electron chi connectivity index (χ0n) is 10.4. The number of nitrogens with zero attached hydrogens (tertiary/aromatic N) is 1. The Kier molecular flexibility index (Phi) is 3.61. The zero-order chi connectivity index (χ0) is 13.3. The fourth-order valence-corrected chi connectivity index (χ4v) is 4.42. The third-order valence-electron chi connectivity index (χ3n) is 3.56. The van der Waals surface area contributed by atoms with Gasteiger partial charge < -0.3 is 10.2 Å². The van der Waals surface area contributed by atoms with Gasteiger partial charge in [0, 0.05) is 6.04 Å². The van der Waals surface area contributed by atoms with Gasteiger partial charge in [-0.2, -0.15) is 0 Å².